The van der Waals surface area contributed by atoms with Crippen LogP contribution < -0.4 is 5.32 Å². The SMILES string of the molecule is CCCCC/C=C\CCCCCCCC(=O)NC(COC1OC(CO)C(OC2OC(CO)C(OC3OC(CO)C(O)C(O)C3O)C(O)C2O)C(O)C1O)C(O)/C=C/CC/C=C/CCCCCCCCC. The number of amides is 1. The van der Waals surface area contributed by atoms with Crippen LogP contribution in [0, 0.1) is 0 Å². The molecule has 0 bridgehead atoms. The second-order valence-corrected chi connectivity index (χ2v) is 19.0. The van der Waals surface area contributed by atoms with Crippen LogP contribution in [0.3, 0.4) is 0 Å². The van der Waals surface area contributed by atoms with E-state index in [9.17, 15) is 61.0 Å². The molecule has 1 amide bonds. The average Bonchev–Trinajstić information content (AvgIpc) is 3.35. The molecule has 3 rings (SSSR count). The highest BCUT2D eigenvalue weighted by Crippen LogP contribution is 2.33. The fraction of sp³-hybridized carbons (Fsp3) is 0.863. The van der Waals surface area contributed by atoms with Crippen LogP contribution in [0.5, 0.6) is 0 Å². The van der Waals surface area contributed by atoms with Crippen molar-refractivity contribution in [2.24, 2.45) is 0 Å². The van der Waals surface area contributed by atoms with Crippen LogP contribution in [-0.2, 0) is 33.2 Å². The van der Waals surface area contributed by atoms with Crippen molar-refractivity contribution in [2.75, 3.05) is 26.4 Å². The minimum absolute atomic E-state index is 0.224. The van der Waals surface area contributed by atoms with Gasteiger partial charge >= 0.3 is 0 Å². The maximum Gasteiger partial charge on any atom is 0.220 e. The first-order valence-corrected chi connectivity index (χ1v) is 26.2. The summed E-state index contributed by atoms with van der Waals surface area (Å²) in [4.78, 5) is 13.2. The largest absolute Gasteiger partial charge is 0.394 e. The van der Waals surface area contributed by atoms with E-state index in [1.54, 1.807) is 6.08 Å². The van der Waals surface area contributed by atoms with Crippen molar-refractivity contribution in [3.63, 3.8) is 0 Å². The first-order chi connectivity index (χ1) is 33.8. The number of carbonyl (C=O) groups is 1. The molecule has 3 fully saturated rings. The second kappa shape index (κ2) is 36.0. The smallest absolute Gasteiger partial charge is 0.220 e. The molecule has 70 heavy (non-hydrogen) atoms. The van der Waals surface area contributed by atoms with Crippen LogP contribution in [0.1, 0.15) is 149 Å². The maximum atomic E-state index is 13.2. The zero-order valence-corrected chi connectivity index (χ0v) is 41.7. The highest BCUT2D eigenvalue weighted by molar-refractivity contribution is 5.76. The third kappa shape index (κ3) is 21.5. The van der Waals surface area contributed by atoms with Gasteiger partial charge in [-0.05, 0) is 57.8 Å². The van der Waals surface area contributed by atoms with Crippen molar-refractivity contribution in [1.82, 2.24) is 5.32 Å². The fourth-order valence-electron chi connectivity index (χ4n) is 8.73. The molecule has 19 heteroatoms. The Morgan fingerprint density at radius 3 is 1.46 bits per heavy atom. The molecule has 408 valence electrons. The monoisotopic (exact) mass is 1010 g/mol. The van der Waals surface area contributed by atoms with Crippen molar-refractivity contribution >= 4 is 5.91 Å². The summed E-state index contributed by atoms with van der Waals surface area (Å²) >= 11 is 0. The molecule has 3 aliphatic rings. The normalized spacial score (nSPS) is 32.8. The van der Waals surface area contributed by atoms with Crippen molar-refractivity contribution in [3.8, 4) is 0 Å². The van der Waals surface area contributed by atoms with E-state index < -0.39 is 124 Å². The number of allylic oxidation sites excluding steroid dienone is 5. The lowest BCUT2D eigenvalue weighted by atomic mass is 9.96. The molecule has 3 heterocycles. The van der Waals surface area contributed by atoms with Crippen molar-refractivity contribution < 1.29 is 89.4 Å². The standard InChI is InChI=1S/C51H91NO18/c1-3-5-7-9-11-13-15-17-18-20-22-24-26-28-35(56)34(52-39(57)29-27-25-23-21-19-16-14-12-10-8-6-4-2)33-65-49-45(63)42(60)47(37(31-54)67-49)70-51-46(64)43(61)48(38(32-55)68-51)69-50-44(62)41(59)40(58)36(30-53)66-50/h12,14,18,20,26,28,34-38,40-51,53-56,58-64H,3-11,13,15-17,19,21-25,27,29-33H2,1-2H3,(H,52,57)/b14-12-,20-18+,28-26+. The van der Waals surface area contributed by atoms with Crippen molar-refractivity contribution in [3.05, 3.63) is 36.5 Å². The van der Waals surface area contributed by atoms with E-state index >= 15 is 0 Å². The zero-order valence-electron chi connectivity index (χ0n) is 41.7. The minimum atomic E-state index is -1.98. The summed E-state index contributed by atoms with van der Waals surface area (Å²) in [5.74, 6) is -0.300. The lowest BCUT2D eigenvalue weighted by Gasteiger charge is -2.48. The Morgan fingerprint density at radius 2 is 0.914 bits per heavy atom. The Kier molecular flexibility index (Phi) is 32.1. The summed E-state index contributed by atoms with van der Waals surface area (Å²) in [6, 6.07) is -0.990. The van der Waals surface area contributed by atoms with E-state index in [1.807, 2.05) is 6.08 Å². The molecule has 17 unspecified atom stereocenters. The van der Waals surface area contributed by atoms with Crippen LogP contribution in [-0.4, -0.2) is 193 Å². The number of nitrogens with one attached hydrogen (secondary N) is 1. The van der Waals surface area contributed by atoms with Crippen molar-refractivity contribution in [1.29, 1.82) is 0 Å². The third-order valence-electron chi connectivity index (χ3n) is 13.2. The molecule has 19 nitrogen and oxygen atoms in total. The summed E-state index contributed by atoms with van der Waals surface area (Å²) in [6.45, 7) is 1.61. The van der Waals surface area contributed by atoms with E-state index in [0.717, 1.165) is 57.8 Å². The summed E-state index contributed by atoms with van der Waals surface area (Å²) in [7, 11) is 0. The van der Waals surface area contributed by atoms with Crippen LogP contribution >= 0.6 is 0 Å². The molecule has 17 atom stereocenters. The first-order valence-electron chi connectivity index (χ1n) is 26.2. The fourth-order valence-corrected chi connectivity index (χ4v) is 8.73. The summed E-state index contributed by atoms with van der Waals surface area (Å²) in [5, 5.41) is 120. The number of hydrogen-bond donors (Lipinski definition) is 12. The van der Waals surface area contributed by atoms with Gasteiger partial charge in [0.2, 0.25) is 5.91 Å². The van der Waals surface area contributed by atoms with Crippen molar-refractivity contribution in [2.45, 2.75) is 253 Å². The lowest BCUT2D eigenvalue weighted by Crippen LogP contribution is -2.66. The van der Waals surface area contributed by atoms with Gasteiger partial charge in [0.15, 0.2) is 18.9 Å². The predicted molar refractivity (Wildman–Crippen MR) is 259 cm³/mol. The topological polar surface area (TPSA) is 307 Å². The quantitative estimate of drug-likeness (QED) is 0.0316. The number of hydrogen-bond acceptors (Lipinski definition) is 18. The Balaban J connectivity index is 1.58. The van der Waals surface area contributed by atoms with Gasteiger partial charge in [-0.2, -0.15) is 0 Å². The average molecular weight is 1010 g/mol. The van der Waals surface area contributed by atoms with Gasteiger partial charge in [-0.1, -0.05) is 121 Å². The van der Waals surface area contributed by atoms with Gasteiger partial charge in [0.1, 0.15) is 73.2 Å². The molecular weight excluding hydrogens is 915 g/mol. The highest BCUT2D eigenvalue weighted by Gasteiger charge is 2.53. The number of rotatable bonds is 36. The molecule has 3 aliphatic heterocycles. The third-order valence-corrected chi connectivity index (χ3v) is 13.2. The summed E-state index contributed by atoms with van der Waals surface area (Å²) in [5.41, 5.74) is 0. The molecule has 0 saturated carbocycles. The molecule has 0 aromatic carbocycles. The highest BCUT2D eigenvalue weighted by atomic mass is 16.8. The van der Waals surface area contributed by atoms with E-state index in [0.29, 0.717) is 12.8 Å². The second-order valence-electron chi connectivity index (χ2n) is 19.0. The van der Waals surface area contributed by atoms with Gasteiger partial charge in [0, 0.05) is 6.42 Å². The van der Waals surface area contributed by atoms with E-state index in [4.69, 9.17) is 28.4 Å². The Bertz CT molecular complexity index is 1440. The molecule has 0 aliphatic carbocycles. The molecular formula is C51H91NO18. The number of carbonyl (C=O) groups excluding carboxylic acids is 1. The molecule has 12 N–H and O–H groups in total. The van der Waals surface area contributed by atoms with Gasteiger partial charge < -0.3 is 89.9 Å². The number of ether oxygens (including phenoxy) is 6. The maximum absolute atomic E-state index is 13.2. The van der Waals surface area contributed by atoms with E-state index in [1.165, 1.54) is 57.8 Å². The van der Waals surface area contributed by atoms with Crippen LogP contribution in [0.4, 0.5) is 0 Å². The summed E-state index contributed by atoms with van der Waals surface area (Å²) < 4.78 is 34.1. The van der Waals surface area contributed by atoms with E-state index in [-0.39, 0.29) is 18.9 Å². The minimum Gasteiger partial charge on any atom is -0.394 e. The van der Waals surface area contributed by atoms with Gasteiger partial charge in [0.05, 0.1) is 38.6 Å². The van der Waals surface area contributed by atoms with Gasteiger partial charge in [0.25, 0.3) is 0 Å². The Morgan fingerprint density at radius 1 is 0.500 bits per heavy atom. The van der Waals surface area contributed by atoms with Crippen LogP contribution in [0.25, 0.3) is 0 Å². The predicted octanol–water partition coefficient (Wildman–Crippen LogP) is 2.20. The number of aliphatic hydroxyl groups excluding tert-OH is 11. The lowest BCUT2D eigenvalue weighted by molar-refractivity contribution is -0.379. The first kappa shape index (κ1) is 62.3. The summed E-state index contributed by atoms with van der Waals surface area (Å²) in [6.07, 6.45) is 7.23. The molecule has 0 radical (unpaired) electrons. The Hall–Kier alpha value is -1.99. The number of unbranched alkanes of at least 4 members (excludes halogenated alkanes) is 16. The molecule has 0 aromatic heterocycles. The molecule has 0 spiro atoms. The van der Waals surface area contributed by atoms with Crippen LogP contribution in [0.2, 0.25) is 0 Å². The molecule has 0 aromatic rings. The van der Waals surface area contributed by atoms with Gasteiger partial charge in [-0.15, -0.1) is 0 Å². The zero-order chi connectivity index (χ0) is 51.3. The van der Waals surface area contributed by atoms with Gasteiger partial charge in [-0.3, -0.25) is 4.79 Å². The van der Waals surface area contributed by atoms with Crippen LogP contribution in [0.15, 0.2) is 36.5 Å². The number of aliphatic hydroxyl groups is 11. The molecule has 3 saturated heterocycles. The Labute approximate surface area is 415 Å². The van der Waals surface area contributed by atoms with E-state index in [2.05, 4.69) is 43.5 Å². The van der Waals surface area contributed by atoms with Gasteiger partial charge in [-0.25, -0.2) is 0 Å².